The van der Waals surface area contributed by atoms with E-state index in [1.807, 2.05) is 36.4 Å². The summed E-state index contributed by atoms with van der Waals surface area (Å²) in [6, 6.07) is 25.9. The number of furan rings is 1. The van der Waals surface area contributed by atoms with Gasteiger partial charge in [0.25, 0.3) is 15.9 Å². The van der Waals surface area contributed by atoms with Gasteiger partial charge in [-0.2, -0.15) is 0 Å². The molecule has 0 unspecified atom stereocenters. The van der Waals surface area contributed by atoms with Gasteiger partial charge in [0.05, 0.1) is 17.8 Å². The van der Waals surface area contributed by atoms with Crippen LogP contribution in [0, 0.1) is 0 Å². The van der Waals surface area contributed by atoms with E-state index in [2.05, 4.69) is 10.0 Å². The number of anilines is 1. The summed E-state index contributed by atoms with van der Waals surface area (Å²) < 4.78 is 38.5. The molecule has 0 aliphatic rings. The summed E-state index contributed by atoms with van der Waals surface area (Å²) in [6.07, 6.45) is 1.61. The largest absolute Gasteiger partial charge is 0.467 e. The van der Waals surface area contributed by atoms with E-state index in [9.17, 15) is 13.2 Å². The normalized spacial score (nSPS) is 11.2. The highest BCUT2D eigenvalue weighted by atomic mass is 32.2. The van der Waals surface area contributed by atoms with Crippen LogP contribution in [0.3, 0.4) is 0 Å². The van der Waals surface area contributed by atoms with Crippen LogP contribution >= 0.6 is 0 Å². The van der Waals surface area contributed by atoms with Crippen molar-refractivity contribution in [1.29, 1.82) is 0 Å². The van der Waals surface area contributed by atoms with E-state index >= 15 is 0 Å². The molecule has 1 heterocycles. The molecule has 4 aromatic rings. The zero-order valence-electron chi connectivity index (χ0n) is 18.3. The first-order chi connectivity index (χ1) is 16.5. The minimum Gasteiger partial charge on any atom is -0.467 e. The number of sulfonamides is 1. The number of benzene rings is 3. The minimum atomic E-state index is -3.74. The molecule has 0 aliphatic carbocycles. The first-order valence-corrected chi connectivity index (χ1v) is 12.1. The van der Waals surface area contributed by atoms with Crippen LogP contribution in [-0.4, -0.2) is 14.3 Å². The molecule has 0 aliphatic heterocycles. The predicted octanol–water partition coefficient (Wildman–Crippen LogP) is 4.73. The highest BCUT2D eigenvalue weighted by Gasteiger charge is 2.15. The fourth-order valence-corrected chi connectivity index (χ4v) is 4.34. The van der Waals surface area contributed by atoms with E-state index in [1.165, 1.54) is 24.3 Å². The van der Waals surface area contributed by atoms with Crippen LogP contribution in [0.5, 0.6) is 0 Å². The maximum Gasteiger partial charge on any atom is 0.261 e. The second-order valence-corrected chi connectivity index (χ2v) is 9.25. The van der Waals surface area contributed by atoms with E-state index in [4.69, 9.17) is 9.15 Å². The maximum absolute atomic E-state index is 12.5. The summed E-state index contributed by atoms with van der Waals surface area (Å²) in [7, 11) is -3.74. The number of hydrogen-bond acceptors (Lipinski definition) is 5. The molecule has 0 bridgehead atoms. The molecule has 2 N–H and O–H groups in total. The Morgan fingerprint density at radius 3 is 2.32 bits per heavy atom. The van der Waals surface area contributed by atoms with Crippen molar-refractivity contribution in [3.05, 3.63) is 120 Å². The summed E-state index contributed by atoms with van der Waals surface area (Å²) in [5, 5.41) is 2.86. The lowest BCUT2D eigenvalue weighted by atomic mass is 10.1. The molecule has 8 heteroatoms. The lowest BCUT2D eigenvalue weighted by molar-refractivity contribution is 0.0928. The van der Waals surface area contributed by atoms with Crippen molar-refractivity contribution in [2.45, 2.75) is 24.7 Å². The first kappa shape index (κ1) is 23.3. The van der Waals surface area contributed by atoms with Crippen molar-refractivity contribution in [3.8, 4) is 0 Å². The second kappa shape index (κ2) is 10.8. The number of hydrogen-bond donors (Lipinski definition) is 2. The molecule has 1 aromatic heterocycles. The van der Waals surface area contributed by atoms with Gasteiger partial charge in [-0.3, -0.25) is 9.52 Å². The zero-order chi connectivity index (χ0) is 23.8. The Hall–Kier alpha value is -3.88. The molecule has 1 amide bonds. The van der Waals surface area contributed by atoms with Crippen molar-refractivity contribution < 1.29 is 22.4 Å². The highest BCUT2D eigenvalue weighted by Crippen LogP contribution is 2.16. The maximum atomic E-state index is 12.5. The standard InChI is InChI=1S/C26H24N2O5S/c29-26(22-11-13-25(14-12-22)34(30,31)28-23-8-2-1-3-9-23)27-17-20-6-4-7-21(16-20)18-32-19-24-10-5-15-33-24/h1-16,28H,17-19H2,(H,27,29). The Kier molecular flexibility index (Phi) is 7.41. The van der Waals surface area contributed by atoms with Crippen molar-refractivity contribution in [2.75, 3.05) is 4.72 Å². The predicted molar refractivity (Wildman–Crippen MR) is 129 cm³/mol. The van der Waals surface area contributed by atoms with Gasteiger partial charge < -0.3 is 14.5 Å². The van der Waals surface area contributed by atoms with Crippen LogP contribution in [0.15, 0.2) is 107 Å². The Labute approximate surface area is 198 Å². The fourth-order valence-electron chi connectivity index (χ4n) is 3.28. The van der Waals surface area contributed by atoms with E-state index in [0.29, 0.717) is 31.0 Å². The van der Waals surface area contributed by atoms with Gasteiger partial charge in [-0.05, 0) is 59.7 Å². The minimum absolute atomic E-state index is 0.0788. The van der Waals surface area contributed by atoms with Crippen molar-refractivity contribution in [2.24, 2.45) is 0 Å². The summed E-state index contributed by atoms with van der Waals surface area (Å²) in [4.78, 5) is 12.6. The summed E-state index contributed by atoms with van der Waals surface area (Å²) in [5.74, 6) is 0.470. The van der Waals surface area contributed by atoms with E-state index in [-0.39, 0.29) is 10.8 Å². The Balaban J connectivity index is 1.31. The van der Waals surface area contributed by atoms with Gasteiger partial charge >= 0.3 is 0 Å². The monoisotopic (exact) mass is 476 g/mol. The average molecular weight is 477 g/mol. The number of rotatable bonds is 10. The van der Waals surface area contributed by atoms with Crippen LogP contribution in [0.2, 0.25) is 0 Å². The second-order valence-electron chi connectivity index (χ2n) is 7.57. The summed E-state index contributed by atoms with van der Waals surface area (Å²) in [6.45, 7) is 1.15. The van der Waals surface area contributed by atoms with Crippen LogP contribution in [0.4, 0.5) is 5.69 Å². The van der Waals surface area contributed by atoms with Gasteiger partial charge in [0.2, 0.25) is 0 Å². The van der Waals surface area contributed by atoms with E-state index in [0.717, 1.165) is 16.9 Å². The third kappa shape index (κ3) is 6.34. The molecule has 4 rings (SSSR count). The fraction of sp³-hybridized carbons (Fsp3) is 0.115. The molecule has 7 nitrogen and oxygen atoms in total. The van der Waals surface area contributed by atoms with Gasteiger partial charge in [0, 0.05) is 17.8 Å². The Bertz CT molecular complexity index is 1320. The molecule has 0 spiro atoms. The average Bonchev–Trinajstić information content (AvgIpc) is 3.37. The number of amides is 1. The third-order valence-corrected chi connectivity index (χ3v) is 6.39. The quantitative estimate of drug-likeness (QED) is 0.345. The van der Waals surface area contributed by atoms with Crippen LogP contribution < -0.4 is 10.0 Å². The molecular weight excluding hydrogens is 452 g/mol. The topological polar surface area (TPSA) is 97.6 Å². The lowest BCUT2D eigenvalue weighted by Gasteiger charge is -2.10. The van der Waals surface area contributed by atoms with Gasteiger partial charge in [-0.15, -0.1) is 0 Å². The zero-order valence-corrected chi connectivity index (χ0v) is 19.1. The SMILES string of the molecule is O=C(NCc1cccc(COCc2ccco2)c1)c1ccc(S(=O)(=O)Nc2ccccc2)cc1. The molecular formula is C26H24N2O5S. The Morgan fingerprint density at radius 2 is 1.59 bits per heavy atom. The van der Waals surface area contributed by atoms with Crippen molar-refractivity contribution in [1.82, 2.24) is 5.32 Å². The van der Waals surface area contributed by atoms with Gasteiger partial charge in [0.1, 0.15) is 12.4 Å². The number of ether oxygens (including phenoxy) is 1. The molecule has 0 saturated heterocycles. The smallest absolute Gasteiger partial charge is 0.261 e. The van der Waals surface area contributed by atoms with Crippen molar-refractivity contribution >= 4 is 21.6 Å². The highest BCUT2D eigenvalue weighted by molar-refractivity contribution is 7.92. The number of nitrogens with one attached hydrogen (secondary N) is 2. The molecule has 0 atom stereocenters. The number of carbonyl (C=O) groups is 1. The molecule has 0 saturated carbocycles. The molecule has 0 radical (unpaired) electrons. The van der Waals surface area contributed by atoms with E-state index in [1.54, 1.807) is 36.6 Å². The summed E-state index contributed by atoms with van der Waals surface area (Å²) >= 11 is 0. The number of para-hydroxylation sites is 1. The third-order valence-electron chi connectivity index (χ3n) is 4.99. The first-order valence-electron chi connectivity index (χ1n) is 10.6. The molecule has 3 aromatic carbocycles. The lowest BCUT2D eigenvalue weighted by Crippen LogP contribution is -2.23. The van der Waals surface area contributed by atoms with Crippen LogP contribution in [0.1, 0.15) is 27.2 Å². The van der Waals surface area contributed by atoms with Gasteiger partial charge in [-0.1, -0.05) is 42.5 Å². The van der Waals surface area contributed by atoms with Crippen LogP contribution in [-0.2, 0) is 34.5 Å². The van der Waals surface area contributed by atoms with Gasteiger partial charge in [-0.25, -0.2) is 8.42 Å². The Morgan fingerprint density at radius 1 is 0.824 bits per heavy atom. The molecule has 0 fully saturated rings. The van der Waals surface area contributed by atoms with Crippen LogP contribution in [0.25, 0.3) is 0 Å². The van der Waals surface area contributed by atoms with Gasteiger partial charge in [0.15, 0.2) is 0 Å². The molecule has 174 valence electrons. The van der Waals surface area contributed by atoms with E-state index < -0.39 is 10.0 Å². The number of carbonyl (C=O) groups excluding carboxylic acids is 1. The molecule has 34 heavy (non-hydrogen) atoms. The van der Waals surface area contributed by atoms with Crippen molar-refractivity contribution in [3.63, 3.8) is 0 Å². The summed E-state index contributed by atoms with van der Waals surface area (Å²) in [5.41, 5.74) is 2.76.